The van der Waals surface area contributed by atoms with E-state index in [2.05, 4.69) is 0 Å². The van der Waals surface area contributed by atoms with Gasteiger partial charge in [-0.2, -0.15) is 0 Å². The quantitative estimate of drug-likeness (QED) is 0.323. The highest BCUT2D eigenvalue weighted by molar-refractivity contribution is 6.42. The number of nitro groups is 1. The molecule has 1 aliphatic heterocycles. The highest BCUT2D eigenvalue weighted by atomic mass is 35.5. The molecule has 35 heavy (non-hydrogen) atoms. The lowest BCUT2D eigenvalue weighted by Gasteiger charge is -2.39. The fourth-order valence-corrected chi connectivity index (χ4v) is 4.42. The van der Waals surface area contributed by atoms with Gasteiger partial charge >= 0.3 is 6.03 Å². The SMILES string of the molecule is CC=C1CN(c2c(Cl)c(OC)cc(OC)c2Cl)C(=O)N(Cc2cccc([N+](=O)[O-])c2)C1=NC(C)C. The number of aliphatic imine (C=N–C) groups is 1. The molecule has 0 N–H and O–H groups in total. The van der Waals surface area contributed by atoms with Crippen LogP contribution in [0.2, 0.25) is 10.0 Å². The number of nitrogens with zero attached hydrogens (tertiary/aromatic N) is 4. The van der Waals surface area contributed by atoms with Crippen molar-refractivity contribution in [3.05, 3.63) is 67.7 Å². The van der Waals surface area contributed by atoms with Crippen molar-refractivity contribution in [2.24, 2.45) is 4.99 Å². The second-order valence-electron chi connectivity index (χ2n) is 8.00. The van der Waals surface area contributed by atoms with Gasteiger partial charge in [-0.05, 0) is 26.3 Å². The van der Waals surface area contributed by atoms with Crippen molar-refractivity contribution in [2.75, 3.05) is 25.7 Å². The van der Waals surface area contributed by atoms with Crippen LogP contribution >= 0.6 is 23.2 Å². The van der Waals surface area contributed by atoms with Crippen molar-refractivity contribution in [1.82, 2.24) is 4.90 Å². The van der Waals surface area contributed by atoms with Gasteiger partial charge in [-0.25, -0.2) is 4.79 Å². The maximum Gasteiger partial charge on any atom is 0.330 e. The van der Waals surface area contributed by atoms with Gasteiger partial charge in [0.2, 0.25) is 0 Å². The average Bonchev–Trinajstić information content (AvgIpc) is 2.82. The average molecular weight is 521 g/mol. The summed E-state index contributed by atoms with van der Waals surface area (Å²) >= 11 is 13.2. The fraction of sp³-hybridized carbons (Fsp3) is 0.333. The van der Waals surface area contributed by atoms with Crippen molar-refractivity contribution in [3.63, 3.8) is 0 Å². The zero-order valence-corrected chi connectivity index (χ0v) is 21.6. The van der Waals surface area contributed by atoms with Crippen LogP contribution in [0.3, 0.4) is 0 Å². The van der Waals surface area contributed by atoms with E-state index in [0.717, 1.165) is 5.57 Å². The van der Waals surface area contributed by atoms with Gasteiger partial charge < -0.3 is 9.47 Å². The summed E-state index contributed by atoms with van der Waals surface area (Å²) in [5.41, 5.74) is 1.50. The van der Waals surface area contributed by atoms with E-state index in [9.17, 15) is 14.9 Å². The summed E-state index contributed by atoms with van der Waals surface area (Å²) < 4.78 is 10.7. The van der Waals surface area contributed by atoms with Gasteiger partial charge in [-0.1, -0.05) is 41.4 Å². The van der Waals surface area contributed by atoms with E-state index in [0.29, 0.717) is 22.9 Å². The van der Waals surface area contributed by atoms with E-state index in [1.54, 1.807) is 18.2 Å². The molecule has 1 aliphatic rings. The molecule has 9 nitrogen and oxygen atoms in total. The van der Waals surface area contributed by atoms with E-state index < -0.39 is 11.0 Å². The number of hydrogen-bond acceptors (Lipinski definition) is 6. The molecule has 2 aromatic rings. The number of ether oxygens (including phenoxy) is 2. The Morgan fingerprint density at radius 2 is 1.80 bits per heavy atom. The molecule has 0 aliphatic carbocycles. The molecule has 0 atom stereocenters. The molecular weight excluding hydrogens is 495 g/mol. The van der Waals surface area contributed by atoms with Crippen LogP contribution in [0.5, 0.6) is 11.5 Å². The zero-order chi connectivity index (χ0) is 25.9. The first kappa shape index (κ1) is 26.3. The Bertz CT molecular complexity index is 1180. The molecule has 0 aromatic heterocycles. The van der Waals surface area contributed by atoms with Crippen LogP contribution in [0, 0.1) is 10.1 Å². The Labute approximate surface area is 213 Å². The molecule has 3 rings (SSSR count). The molecule has 2 aromatic carbocycles. The van der Waals surface area contributed by atoms with Gasteiger partial charge in [-0.3, -0.25) is 24.9 Å². The summed E-state index contributed by atoms with van der Waals surface area (Å²) in [5, 5.41) is 11.6. The van der Waals surface area contributed by atoms with Crippen molar-refractivity contribution >= 4 is 46.4 Å². The third-order valence-electron chi connectivity index (χ3n) is 5.34. The lowest BCUT2D eigenvalue weighted by atomic mass is 10.1. The number of anilines is 1. The van der Waals surface area contributed by atoms with E-state index in [-0.39, 0.29) is 40.6 Å². The highest BCUT2D eigenvalue weighted by Crippen LogP contribution is 2.47. The number of nitro benzene ring substituents is 1. The van der Waals surface area contributed by atoms with Crippen LogP contribution < -0.4 is 14.4 Å². The maximum atomic E-state index is 13.9. The molecular formula is C24H26Cl2N4O5. The summed E-state index contributed by atoms with van der Waals surface area (Å²) in [6.45, 7) is 5.87. The Morgan fingerprint density at radius 3 is 2.31 bits per heavy atom. The molecule has 1 saturated heterocycles. The zero-order valence-electron chi connectivity index (χ0n) is 20.0. The van der Waals surface area contributed by atoms with Crippen molar-refractivity contribution in [1.29, 1.82) is 0 Å². The summed E-state index contributed by atoms with van der Waals surface area (Å²) in [7, 11) is 2.91. The minimum absolute atomic E-state index is 0.0518. The van der Waals surface area contributed by atoms with Crippen molar-refractivity contribution < 1.29 is 19.2 Å². The lowest BCUT2D eigenvalue weighted by Crippen LogP contribution is -2.53. The molecule has 1 fully saturated rings. The van der Waals surface area contributed by atoms with Gasteiger partial charge in [0, 0.05) is 29.8 Å². The summed E-state index contributed by atoms with van der Waals surface area (Å²) in [4.78, 5) is 32.3. The van der Waals surface area contributed by atoms with E-state index in [1.165, 1.54) is 36.2 Å². The summed E-state index contributed by atoms with van der Waals surface area (Å²) in [5.74, 6) is 1.08. The lowest BCUT2D eigenvalue weighted by molar-refractivity contribution is -0.384. The molecule has 1 heterocycles. The molecule has 0 radical (unpaired) electrons. The predicted molar refractivity (Wildman–Crippen MR) is 137 cm³/mol. The topological polar surface area (TPSA) is 97.5 Å². The van der Waals surface area contributed by atoms with Crippen LogP contribution in [0.25, 0.3) is 0 Å². The predicted octanol–water partition coefficient (Wildman–Crippen LogP) is 6.11. The Balaban J connectivity index is 2.18. The third-order valence-corrected chi connectivity index (χ3v) is 6.08. The number of rotatable bonds is 7. The number of allylic oxidation sites excluding steroid dienone is 1. The molecule has 0 bridgehead atoms. The van der Waals surface area contributed by atoms with Crippen molar-refractivity contribution in [3.8, 4) is 11.5 Å². The van der Waals surface area contributed by atoms with Crippen LogP contribution in [0.15, 0.2) is 47.0 Å². The van der Waals surface area contributed by atoms with Gasteiger partial charge in [0.25, 0.3) is 5.69 Å². The van der Waals surface area contributed by atoms with E-state index >= 15 is 0 Å². The standard InChI is InChI=1S/C24H26Cl2N4O5/c1-6-16-13-28(22-20(25)18(34-4)11-19(35-5)21(22)26)24(31)29(23(16)27-14(2)3)12-15-8-7-9-17(10-15)30(32)33/h6-11,14H,12-13H2,1-5H3. The number of amidine groups is 1. The van der Waals surface area contributed by atoms with Gasteiger partial charge in [-0.15, -0.1) is 0 Å². The molecule has 0 unspecified atom stereocenters. The first-order chi connectivity index (χ1) is 16.6. The Hall–Kier alpha value is -3.30. The van der Waals surface area contributed by atoms with E-state index in [4.69, 9.17) is 37.7 Å². The smallest absolute Gasteiger partial charge is 0.330 e. The minimum atomic E-state index is -0.476. The molecule has 0 saturated carbocycles. The molecule has 11 heteroatoms. The number of carbonyl (C=O) groups is 1. The summed E-state index contributed by atoms with van der Waals surface area (Å²) in [6.07, 6.45) is 1.86. The number of benzene rings is 2. The number of methoxy groups -OCH3 is 2. The number of halogens is 2. The van der Waals surface area contributed by atoms with Gasteiger partial charge in [0.1, 0.15) is 27.4 Å². The Morgan fingerprint density at radius 1 is 1.17 bits per heavy atom. The van der Waals surface area contributed by atoms with Crippen LogP contribution in [0.4, 0.5) is 16.2 Å². The number of amides is 2. The first-order valence-electron chi connectivity index (χ1n) is 10.8. The van der Waals surface area contributed by atoms with Crippen LogP contribution in [-0.2, 0) is 6.54 Å². The van der Waals surface area contributed by atoms with Gasteiger partial charge in [0.05, 0.1) is 37.9 Å². The Kier molecular flexibility index (Phi) is 8.24. The maximum absolute atomic E-state index is 13.9. The minimum Gasteiger partial charge on any atom is -0.495 e. The van der Waals surface area contributed by atoms with Crippen LogP contribution in [0.1, 0.15) is 26.3 Å². The normalized spacial score (nSPS) is 16.4. The first-order valence-corrected chi connectivity index (χ1v) is 11.5. The van der Waals surface area contributed by atoms with Crippen molar-refractivity contribution in [2.45, 2.75) is 33.4 Å². The number of hydrogen-bond donors (Lipinski definition) is 0. The second-order valence-corrected chi connectivity index (χ2v) is 8.76. The van der Waals surface area contributed by atoms with Gasteiger partial charge in [0.15, 0.2) is 0 Å². The monoisotopic (exact) mass is 520 g/mol. The highest BCUT2D eigenvalue weighted by Gasteiger charge is 2.38. The summed E-state index contributed by atoms with van der Waals surface area (Å²) in [6, 6.07) is 7.13. The molecule has 0 spiro atoms. The van der Waals surface area contributed by atoms with Crippen LogP contribution in [-0.4, -0.2) is 48.5 Å². The second kappa shape index (κ2) is 11.0. The fourth-order valence-electron chi connectivity index (χ4n) is 3.71. The number of carbonyl (C=O) groups excluding carboxylic acids is 1. The third kappa shape index (κ3) is 5.36. The number of urea groups is 1. The van der Waals surface area contributed by atoms with E-state index in [1.807, 2.05) is 26.8 Å². The number of non-ortho nitro benzene ring substituents is 1. The molecule has 186 valence electrons. The molecule has 2 amide bonds. The largest absolute Gasteiger partial charge is 0.495 e.